The number of likely N-dealkylation sites (tertiary alicyclic amines) is 1. The number of rotatable bonds is 7. The molecular formula is C14H26N4S. The third-order valence-electron chi connectivity index (χ3n) is 3.81. The van der Waals surface area contributed by atoms with Crippen molar-refractivity contribution >= 4 is 16.5 Å². The molecule has 5 heteroatoms. The van der Waals surface area contributed by atoms with Crippen LogP contribution < -0.4 is 10.2 Å². The van der Waals surface area contributed by atoms with E-state index in [0.717, 1.165) is 24.8 Å². The SMILES string of the molecule is CCNCc1cnc(N(C)CC2CCCN2CC)s1. The van der Waals surface area contributed by atoms with Crippen molar-refractivity contribution in [3.8, 4) is 0 Å². The van der Waals surface area contributed by atoms with Crippen LogP contribution in [-0.4, -0.2) is 49.2 Å². The van der Waals surface area contributed by atoms with Gasteiger partial charge in [0.2, 0.25) is 0 Å². The first-order valence-corrected chi connectivity index (χ1v) is 8.16. The minimum absolute atomic E-state index is 0.705. The molecule has 0 saturated carbocycles. The van der Waals surface area contributed by atoms with Crippen LogP contribution in [0.15, 0.2) is 6.20 Å². The van der Waals surface area contributed by atoms with E-state index in [1.165, 1.54) is 30.8 Å². The fraction of sp³-hybridized carbons (Fsp3) is 0.786. The lowest BCUT2D eigenvalue weighted by atomic mass is 10.2. The van der Waals surface area contributed by atoms with E-state index in [-0.39, 0.29) is 0 Å². The molecule has 108 valence electrons. The third kappa shape index (κ3) is 3.91. The predicted molar refractivity (Wildman–Crippen MR) is 83.0 cm³/mol. The van der Waals surface area contributed by atoms with Gasteiger partial charge in [-0.05, 0) is 32.5 Å². The number of nitrogens with one attached hydrogen (secondary N) is 1. The van der Waals surface area contributed by atoms with Gasteiger partial charge < -0.3 is 10.2 Å². The van der Waals surface area contributed by atoms with Gasteiger partial charge in [-0.25, -0.2) is 4.98 Å². The summed E-state index contributed by atoms with van der Waals surface area (Å²) in [7, 11) is 2.17. The average Bonchev–Trinajstić information content (AvgIpc) is 3.04. The highest BCUT2D eigenvalue weighted by Crippen LogP contribution is 2.24. The van der Waals surface area contributed by atoms with Crippen LogP contribution in [0.4, 0.5) is 5.13 Å². The molecule has 4 nitrogen and oxygen atoms in total. The molecule has 1 fully saturated rings. The van der Waals surface area contributed by atoms with Crippen LogP contribution in [0.25, 0.3) is 0 Å². The molecule has 2 rings (SSSR count). The molecule has 0 aromatic carbocycles. The highest BCUT2D eigenvalue weighted by Gasteiger charge is 2.24. The average molecular weight is 282 g/mol. The number of hydrogen-bond donors (Lipinski definition) is 1. The summed E-state index contributed by atoms with van der Waals surface area (Å²) in [6, 6.07) is 0.705. The van der Waals surface area contributed by atoms with Gasteiger partial charge in [-0.15, -0.1) is 11.3 Å². The predicted octanol–water partition coefficient (Wildman–Crippen LogP) is 2.17. The van der Waals surface area contributed by atoms with Crippen LogP contribution in [-0.2, 0) is 6.54 Å². The van der Waals surface area contributed by atoms with Gasteiger partial charge in [-0.3, -0.25) is 4.90 Å². The summed E-state index contributed by atoms with van der Waals surface area (Å²) in [4.78, 5) is 10.8. The van der Waals surface area contributed by atoms with Gasteiger partial charge in [-0.1, -0.05) is 13.8 Å². The van der Waals surface area contributed by atoms with Gasteiger partial charge in [-0.2, -0.15) is 0 Å². The number of thiazole rings is 1. The van der Waals surface area contributed by atoms with Crippen LogP contribution >= 0.6 is 11.3 Å². The second-order valence-electron chi connectivity index (χ2n) is 5.19. The minimum Gasteiger partial charge on any atom is -0.350 e. The standard InChI is InChI=1S/C14H26N4S/c1-4-15-9-13-10-16-14(19-13)17(3)11-12-7-6-8-18(12)5-2/h10,12,15H,4-9,11H2,1-3H3. The van der Waals surface area contributed by atoms with E-state index in [4.69, 9.17) is 0 Å². The molecular weight excluding hydrogens is 256 g/mol. The van der Waals surface area contributed by atoms with Crippen LogP contribution in [0.5, 0.6) is 0 Å². The molecule has 19 heavy (non-hydrogen) atoms. The second kappa shape index (κ2) is 7.22. The Labute approximate surface area is 120 Å². The molecule has 0 amide bonds. The van der Waals surface area contributed by atoms with E-state index in [1.807, 2.05) is 6.20 Å². The molecule has 1 atom stereocenters. The molecule has 1 aliphatic heterocycles. The Kier molecular flexibility index (Phi) is 5.60. The normalized spacial score (nSPS) is 20.1. The monoisotopic (exact) mass is 282 g/mol. The van der Waals surface area contributed by atoms with Crippen molar-refractivity contribution in [3.05, 3.63) is 11.1 Å². The molecule has 2 heterocycles. The van der Waals surface area contributed by atoms with E-state index >= 15 is 0 Å². The summed E-state index contributed by atoms with van der Waals surface area (Å²) in [6.45, 7) is 9.87. The quantitative estimate of drug-likeness (QED) is 0.830. The van der Waals surface area contributed by atoms with Gasteiger partial charge in [0, 0.05) is 37.3 Å². The summed E-state index contributed by atoms with van der Waals surface area (Å²) in [5, 5.41) is 4.50. The van der Waals surface area contributed by atoms with Crippen LogP contribution in [0, 0.1) is 0 Å². The zero-order chi connectivity index (χ0) is 13.7. The van der Waals surface area contributed by atoms with Gasteiger partial charge in [0.15, 0.2) is 5.13 Å². The minimum atomic E-state index is 0.705. The number of likely N-dealkylation sites (N-methyl/N-ethyl adjacent to an activating group) is 2. The van der Waals surface area contributed by atoms with Crippen molar-refractivity contribution in [2.45, 2.75) is 39.3 Å². The zero-order valence-electron chi connectivity index (χ0n) is 12.4. The van der Waals surface area contributed by atoms with Crippen LogP contribution in [0.3, 0.4) is 0 Å². The molecule has 0 bridgehead atoms. The molecule has 1 aromatic rings. The number of aromatic nitrogens is 1. The van der Waals surface area contributed by atoms with Crippen molar-refractivity contribution < 1.29 is 0 Å². The largest absolute Gasteiger partial charge is 0.350 e. The highest BCUT2D eigenvalue weighted by atomic mass is 32.1. The first-order valence-electron chi connectivity index (χ1n) is 7.35. The molecule has 0 spiro atoms. The maximum atomic E-state index is 4.55. The lowest BCUT2D eigenvalue weighted by Gasteiger charge is -2.27. The van der Waals surface area contributed by atoms with Gasteiger partial charge in [0.05, 0.1) is 0 Å². The summed E-state index contributed by atoms with van der Waals surface area (Å²) in [5.41, 5.74) is 0. The fourth-order valence-corrected chi connectivity index (χ4v) is 3.57. The fourth-order valence-electron chi connectivity index (χ4n) is 2.72. The lowest BCUT2D eigenvalue weighted by Crippen LogP contribution is -2.38. The zero-order valence-corrected chi connectivity index (χ0v) is 13.2. The van der Waals surface area contributed by atoms with Gasteiger partial charge in [0.1, 0.15) is 0 Å². The van der Waals surface area contributed by atoms with Crippen molar-refractivity contribution in [1.82, 2.24) is 15.2 Å². The van der Waals surface area contributed by atoms with Gasteiger partial charge in [0.25, 0.3) is 0 Å². The van der Waals surface area contributed by atoms with E-state index < -0.39 is 0 Å². The molecule has 1 aliphatic rings. The summed E-state index contributed by atoms with van der Waals surface area (Å²) in [5.74, 6) is 0. The number of hydrogen-bond acceptors (Lipinski definition) is 5. The van der Waals surface area contributed by atoms with Gasteiger partial charge >= 0.3 is 0 Å². The van der Waals surface area contributed by atoms with E-state index in [1.54, 1.807) is 11.3 Å². The molecule has 0 radical (unpaired) electrons. The van der Waals surface area contributed by atoms with Crippen molar-refractivity contribution in [1.29, 1.82) is 0 Å². The molecule has 1 aromatic heterocycles. The number of nitrogens with zero attached hydrogens (tertiary/aromatic N) is 3. The van der Waals surface area contributed by atoms with Crippen molar-refractivity contribution in [2.75, 3.05) is 38.1 Å². The lowest BCUT2D eigenvalue weighted by molar-refractivity contribution is 0.270. The molecule has 1 unspecified atom stereocenters. The highest BCUT2D eigenvalue weighted by molar-refractivity contribution is 7.15. The van der Waals surface area contributed by atoms with E-state index in [9.17, 15) is 0 Å². The maximum Gasteiger partial charge on any atom is 0.185 e. The Morgan fingerprint density at radius 1 is 1.53 bits per heavy atom. The van der Waals surface area contributed by atoms with E-state index in [0.29, 0.717) is 6.04 Å². The first kappa shape index (κ1) is 14.8. The summed E-state index contributed by atoms with van der Waals surface area (Å²) in [6.07, 6.45) is 4.68. The molecule has 0 aliphatic carbocycles. The Morgan fingerprint density at radius 3 is 3.11 bits per heavy atom. The van der Waals surface area contributed by atoms with Crippen LogP contribution in [0.2, 0.25) is 0 Å². The Morgan fingerprint density at radius 2 is 2.37 bits per heavy atom. The third-order valence-corrected chi connectivity index (χ3v) is 4.92. The topological polar surface area (TPSA) is 31.4 Å². The Hall–Kier alpha value is -0.650. The number of anilines is 1. The smallest absolute Gasteiger partial charge is 0.185 e. The second-order valence-corrected chi connectivity index (χ2v) is 6.29. The van der Waals surface area contributed by atoms with Crippen molar-refractivity contribution in [3.63, 3.8) is 0 Å². The van der Waals surface area contributed by atoms with E-state index in [2.05, 4.69) is 41.0 Å². The maximum absolute atomic E-state index is 4.55. The van der Waals surface area contributed by atoms with Crippen LogP contribution in [0.1, 0.15) is 31.6 Å². The first-order chi connectivity index (χ1) is 9.24. The Balaban J connectivity index is 1.88. The summed E-state index contributed by atoms with van der Waals surface area (Å²) >= 11 is 1.81. The molecule has 1 saturated heterocycles. The molecule has 1 N–H and O–H groups in total. The Bertz CT molecular complexity index is 379. The summed E-state index contributed by atoms with van der Waals surface area (Å²) < 4.78 is 0. The van der Waals surface area contributed by atoms with Crippen molar-refractivity contribution in [2.24, 2.45) is 0 Å².